The fraction of sp³-hybridized carbons (Fsp3) is 0.200. The Labute approximate surface area is 176 Å². The number of rotatable bonds is 6. The molecular formula is C20H16Cl3NO4. The van der Waals surface area contributed by atoms with Crippen LogP contribution in [0.1, 0.15) is 41.0 Å². The zero-order valence-electron chi connectivity index (χ0n) is 15.0. The molecule has 0 saturated heterocycles. The van der Waals surface area contributed by atoms with Crippen LogP contribution in [0, 0.1) is 0 Å². The van der Waals surface area contributed by atoms with Crippen LogP contribution in [0.2, 0.25) is 15.1 Å². The first-order valence-electron chi connectivity index (χ1n) is 8.25. The summed E-state index contributed by atoms with van der Waals surface area (Å²) in [5.74, 6) is -0.674. The highest BCUT2D eigenvalue weighted by molar-refractivity contribution is 6.36. The Balaban J connectivity index is 1.86. The van der Waals surface area contributed by atoms with Gasteiger partial charge in [0.1, 0.15) is 24.3 Å². The minimum Gasteiger partial charge on any atom is -0.489 e. The van der Waals surface area contributed by atoms with Crippen LogP contribution in [0.15, 0.2) is 47.2 Å². The van der Waals surface area contributed by atoms with Crippen molar-refractivity contribution in [2.24, 2.45) is 0 Å². The Morgan fingerprint density at radius 2 is 1.82 bits per heavy atom. The number of ether oxygens (including phenoxy) is 1. The van der Waals surface area contributed by atoms with Crippen LogP contribution >= 0.6 is 34.8 Å². The van der Waals surface area contributed by atoms with E-state index in [0.29, 0.717) is 27.1 Å². The molecule has 146 valence electrons. The molecule has 0 unspecified atom stereocenters. The number of halogens is 3. The van der Waals surface area contributed by atoms with E-state index >= 15 is 0 Å². The molecule has 0 radical (unpaired) electrons. The van der Waals surface area contributed by atoms with E-state index in [1.54, 1.807) is 24.3 Å². The molecule has 1 N–H and O–H groups in total. The van der Waals surface area contributed by atoms with Gasteiger partial charge in [0, 0.05) is 21.0 Å². The highest BCUT2D eigenvalue weighted by Crippen LogP contribution is 2.41. The van der Waals surface area contributed by atoms with Crippen LogP contribution in [0.3, 0.4) is 0 Å². The molecule has 1 aromatic heterocycles. The van der Waals surface area contributed by atoms with Gasteiger partial charge in [0.15, 0.2) is 0 Å². The summed E-state index contributed by atoms with van der Waals surface area (Å²) in [6.07, 6.45) is 1.50. The van der Waals surface area contributed by atoms with Gasteiger partial charge in [-0.3, -0.25) is 0 Å². The van der Waals surface area contributed by atoms with Crippen LogP contribution in [-0.2, 0) is 12.0 Å². The molecule has 0 spiro atoms. The van der Waals surface area contributed by atoms with E-state index in [0.717, 1.165) is 5.56 Å². The number of benzene rings is 2. The number of aromatic carboxylic acids is 1. The van der Waals surface area contributed by atoms with Gasteiger partial charge in [-0.15, -0.1) is 0 Å². The lowest BCUT2D eigenvalue weighted by Gasteiger charge is -2.26. The predicted octanol–water partition coefficient (Wildman–Crippen LogP) is 6.24. The lowest BCUT2D eigenvalue weighted by molar-refractivity contribution is 0.0697. The van der Waals surface area contributed by atoms with Crippen molar-refractivity contribution >= 4 is 40.8 Å². The average Bonchev–Trinajstić information content (AvgIpc) is 3.09. The second kappa shape index (κ2) is 8.03. The lowest BCUT2D eigenvalue weighted by Crippen LogP contribution is -2.22. The summed E-state index contributed by atoms with van der Waals surface area (Å²) < 4.78 is 10.9. The Morgan fingerprint density at radius 1 is 1.14 bits per heavy atom. The zero-order chi connectivity index (χ0) is 20.5. The third-order valence-corrected chi connectivity index (χ3v) is 5.33. The van der Waals surface area contributed by atoms with Gasteiger partial charge in [0.05, 0.1) is 16.1 Å². The van der Waals surface area contributed by atoms with E-state index in [2.05, 4.69) is 5.16 Å². The molecule has 28 heavy (non-hydrogen) atoms. The summed E-state index contributed by atoms with van der Waals surface area (Å²) in [6, 6.07) is 9.70. The van der Waals surface area contributed by atoms with Crippen molar-refractivity contribution < 1.29 is 19.2 Å². The maximum atomic E-state index is 11.1. The number of nitrogens with zero attached hydrogens (tertiary/aromatic N) is 1. The van der Waals surface area contributed by atoms with Crippen LogP contribution in [0.25, 0.3) is 0 Å². The standard InChI is InChI=1S/C20H16Cl3NO4/c1-20(2,17-14(21)4-3-5-15(17)22)18-11(10-28-24-18)9-27-12-6-7-13(19(25)26)16(23)8-12/h3-8,10H,9H2,1-2H3,(H,25,26). The van der Waals surface area contributed by atoms with E-state index in [9.17, 15) is 4.79 Å². The molecule has 3 rings (SSSR count). The molecule has 0 atom stereocenters. The number of carboxylic acid groups (broad SMARTS) is 1. The second-order valence-electron chi connectivity index (χ2n) is 6.65. The van der Waals surface area contributed by atoms with Gasteiger partial charge < -0.3 is 14.4 Å². The fourth-order valence-electron chi connectivity index (χ4n) is 3.01. The first-order valence-corrected chi connectivity index (χ1v) is 9.39. The average molecular weight is 441 g/mol. The molecule has 8 heteroatoms. The predicted molar refractivity (Wildman–Crippen MR) is 108 cm³/mol. The Morgan fingerprint density at radius 3 is 2.43 bits per heavy atom. The van der Waals surface area contributed by atoms with E-state index < -0.39 is 11.4 Å². The van der Waals surface area contributed by atoms with Crippen molar-refractivity contribution in [1.29, 1.82) is 0 Å². The van der Waals surface area contributed by atoms with Gasteiger partial charge >= 0.3 is 5.97 Å². The van der Waals surface area contributed by atoms with Crippen molar-refractivity contribution in [3.05, 3.63) is 80.1 Å². The largest absolute Gasteiger partial charge is 0.489 e. The summed E-state index contributed by atoms with van der Waals surface area (Å²) in [4.78, 5) is 11.1. The molecular weight excluding hydrogens is 425 g/mol. The summed E-state index contributed by atoms with van der Waals surface area (Å²) >= 11 is 18.7. The third kappa shape index (κ3) is 3.97. The molecule has 0 saturated carbocycles. The minimum absolute atomic E-state index is 0.00850. The number of hydrogen-bond donors (Lipinski definition) is 1. The zero-order valence-corrected chi connectivity index (χ0v) is 17.3. The first-order chi connectivity index (χ1) is 13.2. The SMILES string of the molecule is CC(C)(c1nocc1COc1ccc(C(=O)O)c(Cl)c1)c1c(Cl)cccc1Cl. The quantitative estimate of drug-likeness (QED) is 0.491. The molecule has 2 aromatic carbocycles. The monoisotopic (exact) mass is 439 g/mol. The number of carbonyl (C=O) groups is 1. The Kier molecular flexibility index (Phi) is 5.89. The summed E-state index contributed by atoms with van der Waals surface area (Å²) in [6.45, 7) is 4.03. The highest BCUT2D eigenvalue weighted by Gasteiger charge is 2.33. The second-order valence-corrected chi connectivity index (χ2v) is 7.87. The molecule has 0 amide bonds. The van der Waals surface area contributed by atoms with Gasteiger partial charge in [-0.05, 0) is 44.2 Å². The van der Waals surface area contributed by atoms with Gasteiger partial charge in [0.2, 0.25) is 0 Å². The van der Waals surface area contributed by atoms with Crippen LogP contribution in [0.5, 0.6) is 5.75 Å². The van der Waals surface area contributed by atoms with Gasteiger partial charge in [0.25, 0.3) is 0 Å². The van der Waals surface area contributed by atoms with Gasteiger partial charge in [-0.2, -0.15) is 0 Å². The number of carboxylic acids is 1. The number of hydrogen-bond acceptors (Lipinski definition) is 4. The van der Waals surface area contributed by atoms with Gasteiger partial charge in [-0.25, -0.2) is 4.79 Å². The topological polar surface area (TPSA) is 72.6 Å². The maximum Gasteiger partial charge on any atom is 0.337 e. The summed E-state index contributed by atoms with van der Waals surface area (Å²) in [7, 11) is 0. The molecule has 0 aliphatic carbocycles. The number of aromatic nitrogens is 1. The summed E-state index contributed by atoms with van der Waals surface area (Å²) in [5, 5.41) is 14.3. The third-order valence-electron chi connectivity index (χ3n) is 4.39. The van der Waals surface area contributed by atoms with Crippen molar-refractivity contribution in [2.75, 3.05) is 0 Å². The van der Waals surface area contributed by atoms with Crippen molar-refractivity contribution in [2.45, 2.75) is 25.9 Å². The fourth-order valence-corrected chi connectivity index (χ4v) is 4.13. The van der Waals surface area contributed by atoms with E-state index in [1.807, 2.05) is 13.8 Å². The lowest BCUT2D eigenvalue weighted by atomic mass is 9.80. The Hall–Kier alpha value is -2.21. The van der Waals surface area contributed by atoms with Crippen molar-refractivity contribution in [3.8, 4) is 5.75 Å². The molecule has 0 aliphatic heterocycles. The smallest absolute Gasteiger partial charge is 0.337 e. The molecule has 1 heterocycles. The minimum atomic E-state index is -1.10. The highest BCUT2D eigenvalue weighted by atomic mass is 35.5. The van der Waals surface area contributed by atoms with Crippen LogP contribution < -0.4 is 4.74 Å². The molecule has 0 aliphatic rings. The first kappa shape index (κ1) is 20.5. The van der Waals surface area contributed by atoms with E-state index in [1.165, 1.54) is 18.4 Å². The molecule has 5 nitrogen and oxygen atoms in total. The normalized spacial score (nSPS) is 11.5. The molecule has 0 bridgehead atoms. The van der Waals surface area contributed by atoms with E-state index in [-0.39, 0.29) is 17.2 Å². The van der Waals surface area contributed by atoms with Crippen molar-refractivity contribution in [1.82, 2.24) is 5.16 Å². The van der Waals surface area contributed by atoms with E-state index in [4.69, 9.17) is 49.2 Å². The maximum absolute atomic E-state index is 11.1. The van der Waals surface area contributed by atoms with Crippen LogP contribution in [0.4, 0.5) is 0 Å². The van der Waals surface area contributed by atoms with Crippen LogP contribution in [-0.4, -0.2) is 16.2 Å². The summed E-state index contributed by atoms with van der Waals surface area (Å²) in [5.41, 5.74) is 1.46. The Bertz CT molecular complexity index is 1010. The molecule has 3 aromatic rings. The molecule has 0 fully saturated rings. The van der Waals surface area contributed by atoms with Gasteiger partial charge in [-0.1, -0.05) is 46.0 Å². The van der Waals surface area contributed by atoms with Crippen molar-refractivity contribution in [3.63, 3.8) is 0 Å².